The van der Waals surface area contributed by atoms with Crippen LogP contribution in [0.4, 0.5) is 0 Å². The predicted molar refractivity (Wildman–Crippen MR) is 203 cm³/mol. The van der Waals surface area contributed by atoms with E-state index in [9.17, 15) is 9.60 Å². The molecule has 5 nitrogen and oxygen atoms in total. The summed E-state index contributed by atoms with van der Waals surface area (Å²) in [5.41, 5.74) is -2.84. The van der Waals surface area contributed by atoms with Gasteiger partial charge in [0, 0.05) is 43.8 Å². The molecule has 0 saturated carbocycles. The minimum atomic E-state index is -0.829. The highest BCUT2D eigenvalue weighted by Gasteiger charge is 2.23. The number of hydrogen-bond donors (Lipinski definition) is 0. The maximum Gasteiger partial charge on any atom is 0.166 e. The zero-order valence-corrected chi connectivity index (χ0v) is 25.5. The van der Waals surface area contributed by atoms with Gasteiger partial charge in [-0.3, -0.25) is 0 Å². The summed E-state index contributed by atoms with van der Waals surface area (Å²) in [5, 5.41) is -1.51. The first-order chi connectivity index (χ1) is 32.3. The van der Waals surface area contributed by atoms with Crippen LogP contribution in [-0.4, -0.2) is 19.5 Å². The quantitative estimate of drug-likeness (QED) is 0.185. The third kappa shape index (κ3) is 4.45. The van der Waals surface area contributed by atoms with E-state index in [0.29, 0.717) is 11.1 Å². The highest BCUT2D eigenvalue weighted by atomic mass is 16.3. The Kier molecular flexibility index (Phi) is 3.55. The molecule has 0 saturated heterocycles. The van der Waals surface area contributed by atoms with Crippen LogP contribution in [0.3, 0.4) is 0 Å². The van der Waals surface area contributed by atoms with Gasteiger partial charge in [-0.25, -0.2) is 15.0 Å². The van der Waals surface area contributed by atoms with Gasteiger partial charge in [0.2, 0.25) is 0 Å². The van der Waals surface area contributed by atoms with Gasteiger partial charge in [0.1, 0.15) is 5.58 Å². The van der Waals surface area contributed by atoms with Gasteiger partial charge in [0.25, 0.3) is 0 Å². The van der Waals surface area contributed by atoms with Crippen LogP contribution in [0.15, 0.2) is 174 Å². The fourth-order valence-electron chi connectivity index (χ4n) is 6.02. The van der Waals surface area contributed by atoms with Crippen molar-refractivity contribution >= 4 is 43.7 Å². The number of furan rings is 1. The highest BCUT2D eigenvalue weighted by molar-refractivity contribution is 6.16. The average molecular weight is 659 g/mol. The Hall–Kier alpha value is -6.85. The van der Waals surface area contributed by atoms with Crippen LogP contribution >= 0.6 is 0 Å². The summed E-state index contributed by atoms with van der Waals surface area (Å²) in [7, 11) is 0. The SMILES string of the molecule is [2H]c1c([2H])c([2H])c(-c2c([2H])c([2H])c([2H])c3c2oc2c(-n4c5c([2H])c([2H])c([2H])c([2H])c5c5c([2H])c([2H])c([2H])c(-c6nc(-c7ccccc7)nc(-c7ccccc7)n6)c54)c([2H])c([2H])c([2H])c23)c([2H])c1[2H]. The lowest BCUT2D eigenvalue weighted by molar-refractivity contribution is 0.667. The lowest BCUT2D eigenvalue weighted by atomic mass is 10.0. The van der Waals surface area contributed by atoms with Gasteiger partial charge in [0.15, 0.2) is 23.1 Å². The van der Waals surface area contributed by atoms with Gasteiger partial charge in [-0.1, -0.05) is 151 Å². The van der Waals surface area contributed by atoms with Crippen molar-refractivity contribution in [3.05, 3.63) is 169 Å². The summed E-state index contributed by atoms with van der Waals surface area (Å²) >= 11 is 0. The summed E-state index contributed by atoms with van der Waals surface area (Å²) in [6, 6.07) is 3.82. The number of rotatable bonds is 5. The highest BCUT2D eigenvalue weighted by Crippen LogP contribution is 2.42. The smallest absolute Gasteiger partial charge is 0.166 e. The Morgan fingerprint density at radius 3 is 1.72 bits per heavy atom. The van der Waals surface area contributed by atoms with Gasteiger partial charge in [0.05, 0.1) is 41.4 Å². The Bertz CT molecular complexity index is 3810. The standard InChI is InChI=1S/C45H28N4O/c1-4-15-29(16-5-1)32-22-12-24-35-36-25-14-28-39(42(36)50-41(32)35)49-38-27-11-10-21-33(38)34-23-13-26-37(40(34)49)45-47-43(30-17-6-2-7-18-30)46-44(48-45)31-19-8-3-9-20-31/h1-28H/i1D,4D,5D,10D,11D,12D,13D,14D,15D,16D,21D,22D,23D,24D,25D,26D,27D,28D. The van der Waals surface area contributed by atoms with Gasteiger partial charge >= 0.3 is 0 Å². The van der Waals surface area contributed by atoms with E-state index >= 15 is 0 Å². The number of hydrogen-bond acceptors (Lipinski definition) is 4. The van der Waals surface area contributed by atoms with E-state index in [-0.39, 0.29) is 39.3 Å². The van der Waals surface area contributed by atoms with Crippen LogP contribution in [0.25, 0.3) is 94.7 Å². The molecule has 0 atom stereocenters. The molecule has 0 bridgehead atoms. The van der Waals surface area contributed by atoms with E-state index in [2.05, 4.69) is 0 Å². The van der Waals surface area contributed by atoms with Crippen molar-refractivity contribution in [1.82, 2.24) is 19.5 Å². The molecule has 10 rings (SSSR count). The molecule has 0 aliphatic carbocycles. The second kappa shape index (κ2) is 11.4. The van der Waals surface area contributed by atoms with Crippen LogP contribution in [0.2, 0.25) is 0 Å². The van der Waals surface area contributed by atoms with E-state index in [1.807, 2.05) is 0 Å². The summed E-state index contributed by atoms with van der Waals surface area (Å²) in [6.07, 6.45) is 0. The first kappa shape index (κ1) is 15.6. The van der Waals surface area contributed by atoms with Gasteiger partial charge in [-0.05, 0) is 23.7 Å². The Labute approximate surface area is 313 Å². The first-order valence-corrected chi connectivity index (χ1v) is 15.2. The third-order valence-electron chi connectivity index (χ3n) is 8.20. The number of fused-ring (bicyclic) bond motifs is 6. The van der Waals surface area contributed by atoms with Gasteiger partial charge in [-0.15, -0.1) is 0 Å². The van der Waals surface area contributed by atoms with Crippen LogP contribution in [0, 0.1) is 0 Å². The van der Waals surface area contributed by atoms with E-state index in [1.165, 1.54) is 0 Å². The Balaban J connectivity index is 1.48. The molecule has 10 aromatic rings. The van der Waals surface area contributed by atoms with E-state index in [1.54, 1.807) is 60.7 Å². The number of nitrogens with zero attached hydrogens (tertiary/aromatic N) is 4. The average Bonchev–Trinajstić information content (AvgIpc) is 3.91. The van der Waals surface area contributed by atoms with E-state index in [0.717, 1.165) is 4.57 Å². The van der Waals surface area contributed by atoms with Crippen molar-refractivity contribution in [3.8, 4) is 51.0 Å². The number of para-hydroxylation sites is 4. The molecule has 3 aromatic heterocycles. The number of aromatic nitrogens is 4. The minimum Gasteiger partial charge on any atom is -0.453 e. The summed E-state index contributed by atoms with van der Waals surface area (Å²) in [4.78, 5) is 14.3. The molecule has 0 spiro atoms. The molecule has 5 heteroatoms. The Morgan fingerprint density at radius 1 is 0.440 bits per heavy atom. The maximum atomic E-state index is 9.56. The fourth-order valence-corrected chi connectivity index (χ4v) is 6.02. The molecule has 0 amide bonds. The molecule has 3 heterocycles. The zero-order valence-electron chi connectivity index (χ0n) is 43.5. The van der Waals surface area contributed by atoms with E-state index in [4.69, 9.17) is 34.4 Å². The second-order valence-electron chi connectivity index (χ2n) is 11.1. The van der Waals surface area contributed by atoms with Crippen molar-refractivity contribution in [2.45, 2.75) is 0 Å². The first-order valence-electron chi connectivity index (χ1n) is 24.2. The van der Waals surface area contributed by atoms with Crippen molar-refractivity contribution in [2.24, 2.45) is 0 Å². The Morgan fingerprint density at radius 2 is 1.00 bits per heavy atom. The number of benzene rings is 7. The van der Waals surface area contributed by atoms with Gasteiger partial charge < -0.3 is 8.98 Å². The second-order valence-corrected chi connectivity index (χ2v) is 11.1. The zero-order chi connectivity index (χ0) is 48.7. The third-order valence-corrected chi connectivity index (χ3v) is 8.20. The van der Waals surface area contributed by atoms with Crippen molar-refractivity contribution in [2.75, 3.05) is 0 Å². The lowest BCUT2D eigenvalue weighted by Gasteiger charge is -2.13. The minimum absolute atomic E-state index is 0.101. The molecular formula is C45H28N4O. The predicted octanol–water partition coefficient (Wildman–Crippen LogP) is 11.5. The maximum absolute atomic E-state index is 9.56. The molecule has 0 fully saturated rings. The summed E-state index contributed by atoms with van der Waals surface area (Å²) in [6.45, 7) is 0. The molecule has 0 unspecified atom stereocenters. The fraction of sp³-hybridized carbons (Fsp3) is 0. The molecule has 0 radical (unpaired) electrons. The molecule has 234 valence electrons. The monoisotopic (exact) mass is 658 g/mol. The van der Waals surface area contributed by atoms with Crippen LogP contribution in [-0.2, 0) is 0 Å². The van der Waals surface area contributed by atoms with Crippen molar-refractivity contribution in [1.29, 1.82) is 0 Å². The van der Waals surface area contributed by atoms with E-state index < -0.39 is 153 Å². The van der Waals surface area contributed by atoms with Crippen LogP contribution in [0.5, 0.6) is 0 Å². The molecule has 7 aromatic carbocycles. The van der Waals surface area contributed by atoms with Crippen LogP contribution < -0.4 is 0 Å². The molecule has 50 heavy (non-hydrogen) atoms. The van der Waals surface area contributed by atoms with Gasteiger partial charge in [-0.2, -0.15) is 0 Å². The van der Waals surface area contributed by atoms with Crippen molar-refractivity contribution in [3.63, 3.8) is 0 Å². The topological polar surface area (TPSA) is 56.7 Å². The normalized spacial score (nSPS) is 16.6. The van der Waals surface area contributed by atoms with Crippen LogP contribution in [0.1, 0.15) is 24.7 Å². The summed E-state index contributed by atoms with van der Waals surface area (Å²) < 4.78 is 169. The molecule has 0 aliphatic rings. The lowest BCUT2D eigenvalue weighted by Crippen LogP contribution is -2.02. The molecule has 0 aliphatic heterocycles. The molecule has 0 N–H and O–H groups in total. The van der Waals surface area contributed by atoms with Crippen molar-refractivity contribution < 1.29 is 29.1 Å². The summed E-state index contributed by atoms with van der Waals surface area (Å²) in [5.74, 6) is -0.0710. The molecular weight excluding hydrogens is 613 g/mol. The largest absolute Gasteiger partial charge is 0.453 e.